The average Bonchev–Trinajstić information content (AvgIpc) is 3.30. The maximum atomic E-state index is 11.9. The van der Waals surface area contributed by atoms with Crippen LogP contribution in [0.5, 0.6) is 17.2 Å². The number of rotatable bonds is 5. The number of benzene rings is 1. The highest BCUT2D eigenvalue weighted by Gasteiger charge is 2.29. The first-order valence-corrected chi connectivity index (χ1v) is 11.3. The van der Waals surface area contributed by atoms with Gasteiger partial charge in [0, 0.05) is 41.9 Å². The van der Waals surface area contributed by atoms with Crippen molar-refractivity contribution in [1.82, 2.24) is 14.5 Å². The Balaban J connectivity index is 1.44. The number of sulfone groups is 1. The summed E-state index contributed by atoms with van der Waals surface area (Å²) in [6, 6.07) is 3.84. The van der Waals surface area contributed by atoms with Crippen molar-refractivity contribution in [3.05, 3.63) is 23.4 Å². The van der Waals surface area contributed by atoms with Crippen LogP contribution in [-0.2, 0) is 16.4 Å². The second-order valence-corrected chi connectivity index (χ2v) is 9.75. The molecule has 8 nitrogen and oxygen atoms in total. The molecule has 1 saturated heterocycles. The minimum atomic E-state index is -3.28. The van der Waals surface area contributed by atoms with Gasteiger partial charge < -0.3 is 14.2 Å². The van der Waals surface area contributed by atoms with E-state index in [0.29, 0.717) is 15.7 Å². The van der Waals surface area contributed by atoms with Crippen molar-refractivity contribution in [2.24, 2.45) is 0 Å². The van der Waals surface area contributed by atoms with Crippen molar-refractivity contribution >= 4 is 21.4 Å². The Bertz CT molecular complexity index is 936. The van der Waals surface area contributed by atoms with Crippen LogP contribution in [0.3, 0.4) is 0 Å². The fourth-order valence-electron chi connectivity index (χ4n) is 3.58. The summed E-state index contributed by atoms with van der Waals surface area (Å²) in [7, 11) is -1.63. The van der Waals surface area contributed by atoms with E-state index >= 15 is 0 Å². The van der Waals surface area contributed by atoms with Gasteiger partial charge in [0.25, 0.3) is 0 Å². The number of likely N-dealkylation sites (tertiary alicyclic amines) is 1. The lowest BCUT2D eigenvalue weighted by atomic mass is 9.94. The molecule has 0 amide bonds. The third kappa shape index (κ3) is 3.74. The van der Waals surface area contributed by atoms with E-state index in [9.17, 15) is 8.42 Å². The van der Waals surface area contributed by atoms with Gasteiger partial charge in [-0.05, 0) is 32.0 Å². The van der Waals surface area contributed by atoms with Crippen LogP contribution in [0.15, 0.2) is 16.3 Å². The van der Waals surface area contributed by atoms with Crippen molar-refractivity contribution in [3.63, 3.8) is 0 Å². The van der Waals surface area contributed by atoms with E-state index in [-0.39, 0.29) is 12.7 Å². The van der Waals surface area contributed by atoms with Gasteiger partial charge in [0.15, 0.2) is 25.5 Å². The summed E-state index contributed by atoms with van der Waals surface area (Å²) >= 11 is 0.965. The first-order valence-electron chi connectivity index (χ1n) is 8.67. The third-order valence-corrected chi connectivity index (χ3v) is 7.51. The van der Waals surface area contributed by atoms with Crippen molar-refractivity contribution in [3.8, 4) is 17.2 Å². The van der Waals surface area contributed by atoms with Gasteiger partial charge in [0.05, 0.1) is 12.8 Å². The van der Waals surface area contributed by atoms with Crippen LogP contribution in [0, 0.1) is 0 Å². The summed E-state index contributed by atoms with van der Waals surface area (Å²) in [5.41, 5.74) is 1.68. The summed E-state index contributed by atoms with van der Waals surface area (Å²) in [6.07, 6.45) is 2.91. The minimum absolute atomic E-state index is 0.128. The molecule has 27 heavy (non-hydrogen) atoms. The van der Waals surface area contributed by atoms with Crippen LogP contribution < -0.4 is 14.2 Å². The van der Waals surface area contributed by atoms with Crippen molar-refractivity contribution in [1.29, 1.82) is 0 Å². The summed E-state index contributed by atoms with van der Waals surface area (Å²) in [6.45, 7) is 2.67. The molecule has 4 rings (SSSR count). The molecule has 0 atom stereocenters. The van der Waals surface area contributed by atoms with Crippen LogP contribution >= 0.6 is 11.5 Å². The molecule has 1 aromatic carbocycles. The molecule has 0 bridgehead atoms. The predicted molar refractivity (Wildman–Crippen MR) is 99.4 cm³/mol. The molecular formula is C17H21N3O5S2. The molecule has 2 aromatic rings. The zero-order valence-corrected chi connectivity index (χ0v) is 16.8. The monoisotopic (exact) mass is 411 g/mol. The van der Waals surface area contributed by atoms with Gasteiger partial charge in [-0.25, -0.2) is 8.42 Å². The zero-order chi connectivity index (χ0) is 19.0. The van der Waals surface area contributed by atoms with Crippen LogP contribution in [0.4, 0.5) is 0 Å². The number of hydrogen-bond donors (Lipinski definition) is 0. The average molecular weight is 412 g/mol. The maximum absolute atomic E-state index is 11.9. The molecule has 10 heteroatoms. The van der Waals surface area contributed by atoms with Gasteiger partial charge in [0.2, 0.25) is 6.79 Å². The maximum Gasteiger partial charge on any atom is 0.231 e. The van der Waals surface area contributed by atoms with Crippen molar-refractivity contribution in [2.45, 2.75) is 29.5 Å². The van der Waals surface area contributed by atoms with Gasteiger partial charge in [-0.1, -0.05) is 4.49 Å². The molecule has 1 fully saturated rings. The van der Waals surface area contributed by atoms with E-state index in [1.165, 1.54) is 6.26 Å². The van der Waals surface area contributed by atoms with E-state index in [1.807, 2.05) is 12.1 Å². The molecule has 2 aliphatic heterocycles. The third-order valence-electron chi connectivity index (χ3n) is 4.96. The number of fused-ring (bicyclic) bond motifs is 1. The summed E-state index contributed by atoms with van der Waals surface area (Å²) < 4.78 is 44.4. The number of hydrogen-bond acceptors (Lipinski definition) is 9. The summed E-state index contributed by atoms with van der Waals surface area (Å²) in [4.78, 5) is 2.33. The van der Waals surface area contributed by atoms with E-state index in [1.54, 1.807) is 7.11 Å². The Kier molecular flexibility index (Phi) is 4.95. The van der Waals surface area contributed by atoms with E-state index < -0.39 is 9.84 Å². The quantitative estimate of drug-likeness (QED) is 0.738. The second kappa shape index (κ2) is 7.25. The topological polar surface area (TPSA) is 90.9 Å². The molecule has 0 radical (unpaired) electrons. The standard InChI is InChI=1S/C17H21N3O5S2/c1-23-13-8-15-14(24-10-25-15)7-12(13)9-20-5-3-11(4-6-20)16-17(26-19-18-16)27(2,21)22/h7-8,11H,3-6,9-10H2,1-2H3. The van der Waals surface area contributed by atoms with Gasteiger partial charge in [-0.15, -0.1) is 5.10 Å². The molecule has 0 unspecified atom stereocenters. The Morgan fingerprint density at radius 1 is 1.26 bits per heavy atom. The fraction of sp³-hybridized carbons (Fsp3) is 0.529. The van der Waals surface area contributed by atoms with E-state index in [0.717, 1.165) is 61.1 Å². The van der Waals surface area contributed by atoms with Gasteiger partial charge >= 0.3 is 0 Å². The highest BCUT2D eigenvalue weighted by Crippen LogP contribution is 2.39. The number of nitrogens with zero attached hydrogens (tertiary/aromatic N) is 3. The highest BCUT2D eigenvalue weighted by atomic mass is 32.2. The molecule has 0 spiro atoms. The number of methoxy groups -OCH3 is 1. The van der Waals surface area contributed by atoms with Gasteiger partial charge in [0.1, 0.15) is 5.75 Å². The normalized spacial score (nSPS) is 18.0. The predicted octanol–water partition coefficient (Wildman–Crippen LogP) is 2.06. The van der Waals surface area contributed by atoms with Crippen LogP contribution in [0.1, 0.15) is 30.0 Å². The Morgan fingerprint density at radius 2 is 1.96 bits per heavy atom. The molecular weight excluding hydrogens is 390 g/mol. The lowest BCUT2D eigenvalue weighted by molar-refractivity contribution is 0.173. The second-order valence-electron chi connectivity index (χ2n) is 6.79. The van der Waals surface area contributed by atoms with Gasteiger partial charge in [-0.2, -0.15) is 0 Å². The first-order chi connectivity index (χ1) is 13.0. The lowest BCUT2D eigenvalue weighted by Gasteiger charge is -2.31. The Hall–Kier alpha value is -1.91. The van der Waals surface area contributed by atoms with Crippen molar-refractivity contribution < 1.29 is 22.6 Å². The zero-order valence-electron chi connectivity index (χ0n) is 15.2. The Labute approximate surface area is 162 Å². The van der Waals surface area contributed by atoms with Gasteiger partial charge in [-0.3, -0.25) is 4.90 Å². The van der Waals surface area contributed by atoms with Crippen LogP contribution in [0.25, 0.3) is 0 Å². The molecule has 2 aliphatic rings. The number of piperidine rings is 1. The SMILES string of the molecule is COc1cc2c(cc1CN1CCC(c3nnsc3S(C)(=O)=O)CC1)OCO2. The van der Waals surface area contributed by atoms with Crippen LogP contribution in [0.2, 0.25) is 0 Å². The molecule has 0 aliphatic carbocycles. The highest BCUT2D eigenvalue weighted by molar-refractivity contribution is 7.92. The van der Waals surface area contributed by atoms with E-state index in [2.05, 4.69) is 14.5 Å². The van der Waals surface area contributed by atoms with Crippen LogP contribution in [-0.4, -0.2) is 56.2 Å². The first kappa shape index (κ1) is 18.5. The van der Waals surface area contributed by atoms with E-state index in [4.69, 9.17) is 14.2 Å². The summed E-state index contributed by atoms with van der Waals surface area (Å²) in [5.74, 6) is 2.36. The smallest absolute Gasteiger partial charge is 0.231 e. The molecule has 146 valence electrons. The molecule has 1 aromatic heterocycles. The number of ether oxygens (including phenoxy) is 3. The molecule has 3 heterocycles. The largest absolute Gasteiger partial charge is 0.496 e. The molecule has 0 N–H and O–H groups in total. The number of aromatic nitrogens is 2. The van der Waals surface area contributed by atoms with Crippen molar-refractivity contribution in [2.75, 3.05) is 33.2 Å². The Morgan fingerprint density at radius 3 is 2.63 bits per heavy atom. The minimum Gasteiger partial charge on any atom is -0.496 e. The summed E-state index contributed by atoms with van der Waals surface area (Å²) in [5, 5.41) is 4.10. The lowest BCUT2D eigenvalue weighted by Crippen LogP contribution is -2.33. The molecule has 0 saturated carbocycles. The fourth-order valence-corrected chi connectivity index (χ4v) is 5.31.